The van der Waals surface area contributed by atoms with E-state index in [0.717, 1.165) is 11.1 Å². The molecule has 2 fully saturated rings. The Labute approximate surface area is 646 Å². The molecule has 0 bridgehead atoms. The maximum absolute atomic E-state index is 14.2. The van der Waals surface area contributed by atoms with E-state index < -0.39 is 95.0 Å². The highest BCUT2D eigenvalue weighted by molar-refractivity contribution is 7.87. The first-order chi connectivity index (χ1) is 50.5. The first-order valence-corrected chi connectivity index (χ1v) is 44.5. The first kappa shape index (κ1) is 88.4. The van der Waals surface area contributed by atoms with Crippen molar-refractivity contribution < 1.29 is 72.2 Å². The Balaban J connectivity index is 0.000000312. The molecule has 2 saturated heterocycles. The number of nitrogens with two attached hydrogens (primary N) is 1. The van der Waals surface area contributed by atoms with E-state index in [4.69, 9.17) is 41.9 Å². The van der Waals surface area contributed by atoms with Crippen LogP contribution in [-0.4, -0.2) is 185 Å². The zero-order valence-corrected chi connectivity index (χ0v) is 70.3. The van der Waals surface area contributed by atoms with E-state index >= 15 is 0 Å². The van der Waals surface area contributed by atoms with Gasteiger partial charge in [-0.1, -0.05) is 251 Å². The van der Waals surface area contributed by atoms with Gasteiger partial charge < -0.3 is 43.3 Å². The topological polar surface area (TPSA) is 246 Å². The van der Waals surface area contributed by atoms with Gasteiger partial charge in [0.1, 0.15) is 24.3 Å². The molecule has 592 valence electrons. The SMILES string of the molecule is CC(C)(CCO[Si](c1ccccc1)(c1ccccc1)C(C)(C)C)COS(=O)(=O)CCOC[C@@H]1C[C@H](N(Cc2ccccc2)Cc2ccccc2)C(=O)N1CC(=O)OC(C)(C)C.CC(C)(CCO[Si](c1ccccc1)(c1ccccc1)C(C)(C)C)COS(=O)(=O)CCOC[C@@H]1C[C@H](N)C(=O)N1CC(=O)OC(C)(C)C. The maximum atomic E-state index is 14.2. The number of carbonyl (C=O) groups excluding carboxylic acids is 4. The molecule has 2 amide bonds. The quantitative estimate of drug-likeness (QED) is 0.0165. The van der Waals surface area contributed by atoms with Gasteiger partial charge in [-0.3, -0.25) is 32.4 Å². The Bertz CT molecular complexity index is 3910. The van der Waals surface area contributed by atoms with Crippen LogP contribution in [0.4, 0.5) is 0 Å². The molecule has 2 aliphatic rings. The Kier molecular flexibility index (Phi) is 31.5. The largest absolute Gasteiger partial charge is 0.459 e. The van der Waals surface area contributed by atoms with Crippen molar-refractivity contribution in [1.82, 2.24) is 14.7 Å². The lowest BCUT2D eigenvalue weighted by molar-refractivity contribution is -0.160. The Morgan fingerprint density at radius 2 is 0.750 bits per heavy atom. The molecule has 4 atom stereocenters. The fraction of sp³-hybridized carbons (Fsp3) is 0.524. The van der Waals surface area contributed by atoms with E-state index in [2.05, 4.69) is 119 Å². The number of rotatable bonds is 37. The number of hydrogen-bond acceptors (Lipinski definition) is 18. The van der Waals surface area contributed by atoms with Gasteiger partial charge in [-0.15, -0.1) is 0 Å². The third-order valence-electron chi connectivity index (χ3n) is 19.3. The van der Waals surface area contributed by atoms with Gasteiger partial charge in [-0.05, 0) is 120 Å². The minimum Gasteiger partial charge on any atom is -0.459 e. The Hall–Kier alpha value is -6.79. The predicted octanol–water partition coefficient (Wildman–Crippen LogP) is 11.0. The molecule has 2 heterocycles. The molecule has 0 aliphatic carbocycles. The Morgan fingerprint density at radius 3 is 1.06 bits per heavy atom. The molecule has 0 saturated carbocycles. The first-order valence-electron chi connectivity index (χ1n) is 37.6. The second-order valence-corrected chi connectivity index (χ2v) is 46.1. The molecule has 0 unspecified atom stereocenters. The van der Waals surface area contributed by atoms with Crippen molar-refractivity contribution in [2.24, 2.45) is 16.6 Å². The molecule has 8 rings (SSSR count). The maximum Gasteiger partial charge on any atom is 0.326 e. The fourth-order valence-electron chi connectivity index (χ4n) is 13.7. The third kappa shape index (κ3) is 26.2. The summed E-state index contributed by atoms with van der Waals surface area (Å²) in [4.78, 5) is 57.2. The van der Waals surface area contributed by atoms with E-state index in [0.29, 0.717) is 52.0 Å². The molecule has 108 heavy (non-hydrogen) atoms. The number of ether oxygens (including phenoxy) is 4. The molecular weight excluding hydrogens is 1440 g/mol. The minimum absolute atomic E-state index is 0.00487. The van der Waals surface area contributed by atoms with Crippen LogP contribution in [0.1, 0.15) is 148 Å². The molecule has 24 heteroatoms. The normalized spacial score (nSPS) is 17.2. The average molecular weight is 1560 g/mol. The monoisotopic (exact) mass is 1560 g/mol. The van der Waals surface area contributed by atoms with Gasteiger partial charge in [-0.25, -0.2) is 0 Å². The molecule has 20 nitrogen and oxygen atoms in total. The number of amides is 2. The minimum atomic E-state index is -3.95. The highest BCUT2D eigenvalue weighted by Gasteiger charge is 2.52. The van der Waals surface area contributed by atoms with E-state index in [9.17, 15) is 36.0 Å². The van der Waals surface area contributed by atoms with E-state index in [1.165, 1.54) is 30.5 Å². The van der Waals surface area contributed by atoms with E-state index in [1.54, 1.807) is 41.5 Å². The third-order valence-corrected chi connectivity index (χ3v) is 31.6. The summed E-state index contributed by atoms with van der Waals surface area (Å²) in [5, 5.41) is 4.41. The number of nitrogens with zero attached hydrogens (tertiary/aromatic N) is 3. The van der Waals surface area contributed by atoms with Crippen LogP contribution in [0, 0.1) is 10.8 Å². The van der Waals surface area contributed by atoms with Crippen molar-refractivity contribution in [2.45, 2.75) is 195 Å². The van der Waals surface area contributed by atoms with Gasteiger partial charge >= 0.3 is 11.9 Å². The second-order valence-electron chi connectivity index (χ2n) is 33.9. The van der Waals surface area contributed by atoms with Gasteiger partial charge in [0.15, 0.2) is 0 Å². The molecule has 6 aromatic carbocycles. The van der Waals surface area contributed by atoms with Gasteiger partial charge in [0.25, 0.3) is 36.9 Å². The number of hydrogen-bond donors (Lipinski definition) is 1. The average Bonchev–Trinajstić information content (AvgIpc) is 0.990. The fourth-order valence-corrected chi connectivity index (χ4v) is 24.8. The van der Waals surface area contributed by atoms with E-state index in [-0.39, 0.29) is 86.1 Å². The summed E-state index contributed by atoms with van der Waals surface area (Å²) in [7, 11) is -13.3. The van der Waals surface area contributed by atoms with Crippen molar-refractivity contribution >= 4 is 81.4 Å². The van der Waals surface area contributed by atoms with Crippen molar-refractivity contribution in [3.63, 3.8) is 0 Å². The molecule has 0 spiro atoms. The van der Waals surface area contributed by atoms with Crippen molar-refractivity contribution in [3.8, 4) is 0 Å². The molecular formula is C84H120N4O16S2Si2. The lowest BCUT2D eigenvalue weighted by Crippen LogP contribution is -2.66. The van der Waals surface area contributed by atoms with Crippen LogP contribution >= 0.6 is 0 Å². The summed E-state index contributed by atoms with van der Waals surface area (Å²) >= 11 is 0. The van der Waals surface area contributed by atoms with Crippen molar-refractivity contribution in [3.05, 3.63) is 193 Å². The van der Waals surface area contributed by atoms with Gasteiger partial charge in [0.2, 0.25) is 11.8 Å². The number of carbonyl (C=O) groups is 4. The van der Waals surface area contributed by atoms with Crippen LogP contribution in [0.3, 0.4) is 0 Å². The predicted molar refractivity (Wildman–Crippen MR) is 431 cm³/mol. The van der Waals surface area contributed by atoms with Crippen LogP contribution in [0.25, 0.3) is 0 Å². The molecule has 6 aromatic rings. The molecule has 0 aromatic heterocycles. The Morgan fingerprint density at radius 1 is 0.444 bits per heavy atom. The lowest BCUT2D eigenvalue weighted by Gasteiger charge is -2.43. The molecule has 2 aliphatic heterocycles. The van der Waals surface area contributed by atoms with Crippen LogP contribution in [0.15, 0.2) is 182 Å². The summed E-state index contributed by atoms with van der Waals surface area (Å²) in [6.07, 6.45) is 1.87. The highest BCUT2D eigenvalue weighted by Crippen LogP contribution is 2.40. The van der Waals surface area contributed by atoms with Crippen molar-refractivity contribution in [1.29, 1.82) is 0 Å². The smallest absolute Gasteiger partial charge is 0.326 e. The lowest BCUT2D eigenvalue weighted by atomic mass is 9.91. The summed E-state index contributed by atoms with van der Waals surface area (Å²) in [5.74, 6) is -2.31. The number of benzene rings is 6. The number of likely N-dealkylation sites (tertiary alicyclic amines) is 2. The molecule has 0 radical (unpaired) electrons. The number of esters is 2. The summed E-state index contributed by atoms with van der Waals surface area (Å²) in [6, 6.07) is 59.4. The van der Waals surface area contributed by atoms with Gasteiger partial charge in [0, 0.05) is 26.3 Å². The summed E-state index contributed by atoms with van der Waals surface area (Å²) < 4.78 is 99.7. The second kappa shape index (κ2) is 38.4. The molecule has 2 N–H and O–H groups in total. The standard InChI is InChI=1S/C49H66N2O8SSi.C35H54N2O8SSi/c1-47(2,3)59-45(52)36-51-41(33-44(46(51)53)50(34-39-21-13-9-14-22-39)35-40-23-15-10-16-24-40)37-56-31-32-60(54,55)57-38-49(7,8)29-30-58-61(48(4,5)6,42-25-17-11-18-26-42)43-27-19-12-20-28-43;1-33(2,3)45-31(38)24-37-27(23-30(36)32(37)39)25-42-21-22-46(40,41)43-26-35(7,8)19-20-44-47(34(4,5)6,28-15-11-9-12-16-28)29-17-13-10-14-18-29/h9-28,41,44H,29-38H2,1-8H3;9-18,27,30H,19-26,36H2,1-8H3/t41-,44-;27-,30-/m00/s1. The summed E-state index contributed by atoms with van der Waals surface area (Å²) in [5.41, 5.74) is 5.65. The van der Waals surface area contributed by atoms with Crippen LogP contribution in [0.2, 0.25) is 10.1 Å². The van der Waals surface area contributed by atoms with Crippen LogP contribution in [0.5, 0.6) is 0 Å². The van der Waals surface area contributed by atoms with Crippen LogP contribution < -0.4 is 26.5 Å². The van der Waals surface area contributed by atoms with Gasteiger partial charge in [0.05, 0.1) is 75.3 Å². The van der Waals surface area contributed by atoms with Gasteiger partial charge in [-0.2, -0.15) is 16.8 Å². The van der Waals surface area contributed by atoms with Crippen LogP contribution in [-0.2, 0) is 88.7 Å². The highest BCUT2D eigenvalue weighted by atomic mass is 32.2. The van der Waals surface area contributed by atoms with E-state index in [1.807, 2.05) is 137 Å². The zero-order valence-electron chi connectivity index (χ0n) is 66.6. The summed E-state index contributed by atoms with van der Waals surface area (Å²) in [6.45, 7) is 33.1. The van der Waals surface area contributed by atoms with Crippen molar-refractivity contribution in [2.75, 3.05) is 77.5 Å². The zero-order chi connectivity index (χ0) is 79.4.